The summed E-state index contributed by atoms with van der Waals surface area (Å²) < 4.78 is 13.6. The minimum Gasteiger partial charge on any atom is -0.394 e. The van der Waals surface area contributed by atoms with Gasteiger partial charge in [-0.3, -0.25) is 0 Å². The zero-order valence-corrected chi connectivity index (χ0v) is 9.46. The van der Waals surface area contributed by atoms with E-state index in [2.05, 4.69) is 0 Å². The first kappa shape index (κ1) is 16.9. The smallest absolute Gasteiger partial charge is 0.394 e. The molecule has 5 atom stereocenters. The third-order valence-corrected chi connectivity index (χ3v) is 1.95. The second kappa shape index (κ2) is 6.71. The molecule has 1 aliphatic rings. The van der Waals surface area contributed by atoms with Gasteiger partial charge in [0.05, 0.1) is 12.6 Å². The van der Waals surface area contributed by atoms with E-state index in [0.29, 0.717) is 0 Å². The molecule has 0 unspecified atom stereocenters. The Kier molecular flexibility index (Phi) is 6.66. The zero-order valence-electron chi connectivity index (χ0n) is 8.57. The van der Waals surface area contributed by atoms with Gasteiger partial charge in [-0.05, 0) is 0 Å². The standard InChI is InChI=1S/C6H13NO5.H3O4P/c7-3-5(10)4(9)2(1-8)12-6(3)11;1-5(2,3)4/h2-6,8-11H,1,7H2;(H3,1,2,3,4)/t2-,3-,4-,5-,6-;/m1./s1. The highest BCUT2D eigenvalue weighted by Gasteiger charge is 2.41. The van der Waals surface area contributed by atoms with Crippen LogP contribution < -0.4 is 5.73 Å². The maximum Gasteiger partial charge on any atom is 0.466 e. The van der Waals surface area contributed by atoms with E-state index in [-0.39, 0.29) is 0 Å². The molecular formula is C6H16NO9P. The Morgan fingerprint density at radius 1 is 1.12 bits per heavy atom. The molecule has 0 saturated carbocycles. The fraction of sp³-hybridized carbons (Fsp3) is 1.00. The quantitative estimate of drug-likeness (QED) is 0.218. The van der Waals surface area contributed by atoms with E-state index in [1.165, 1.54) is 0 Å². The largest absolute Gasteiger partial charge is 0.466 e. The summed E-state index contributed by atoms with van der Waals surface area (Å²) in [6, 6.07) is -1.04. The molecule has 1 fully saturated rings. The van der Waals surface area contributed by atoms with Crippen LogP contribution in [0.1, 0.15) is 0 Å². The first-order chi connectivity index (χ1) is 7.57. The summed E-state index contributed by atoms with van der Waals surface area (Å²) in [6.07, 6.45) is -4.85. The number of rotatable bonds is 1. The van der Waals surface area contributed by atoms with Crippen LogP contribution in [0, 0.1) is 0 Å². The molecule has 1 saturated heterocycles. The highest BCUT2D eigenvalue weighted by atomic mass is 31.2. The van der Waals surface area contributed by atoms with Gasteiger partial charge in [0.25, 0.3) is 0 Å². The Morgan fingerprint density at radius 2 is 1.53 bits per heavy atom. The monoisotopic (exact) mass is 277 g/mol. The Morgan fingerprint density at radius 3 is 1.88 bits per heavy atom. The van der Waals surface area contributed by atoms with Crippen LogP contribution in [0.2, 0.25) is 0 Å². The second-order valence-electron chi connectivity index (χ2n) is 3.32. The second-order valence-corrected chi connectivity index (χ2v) is 4.35. The number of ether oxygens (including phenoxy) is 1. The SMILES string of the molecule is N[C@@H]1[C@@H](O)[C@H](O)[C@@H](CO)O[C@H]1O.O=P(O)(O)O. The van der Waals surface area contributed by atoms with Crippen molar-refractivity contribution >= 4 is 7.82 Å². The summed E-state index contributed by atoms with van der Waals surface area (Å²) in [5.41, 5.74) is 5.26. The lowest BCUT2D eigenvalue weighted by molar-refractivity contribution is -0.248. The molecule has 9 N–H and O–H groups in total. The van der Waals surface area contributed by atoms with E-state index in [1.807, 2.05) is 0 Å². The zero-order chi connectivity index (χ0) is 13.8. The van der Waals surface area contributed by atoms with Gasteiger partial charge in [-0.1, -0.05) is 0 Å². The van der Waals surface area contributed by atoms with Crippen molar-refractivity contribution in [1.29, 1.82) is 0 Å². The number of nitrogens with two attached hydrogens (primary N) is 1. The van der Waals surface area contributed by atoms with Gasteiger partial charge in [0.1, 0.15) is 18.3 Å². The lowest BCUT2D eigenvalue weighted by Gasteiger charge is -2.38. The van der Waals surface area contributed by atoms with Crippen molar-refractivity contribution in [3.63, 3.8) is 0 Å². The summed E-state index contributed by atoms with van der Waals surface area (Å²) in [4.78, 5) is 21.6. The lowest BCUT2D eigenvalue weighted by Crippen LogP contribution is -2.61. The summed E-state index contributed by atoms with van der Waals surface area (Å²) in [5, 5.41) is 36.1. The molecule has 0 aliphatic carbocycles. The van der Waals surface area contributed by atoms with Crippen molar-refractivity contribution in [2.45, 2.75) is 30.6 Å². The minimum atomic E-state index is -4.64. The van der Waals surface area contributed by atoms with Crippen LogP contribution in [0.4, 0.5) is 0 Å². The molecule has 0 bridgehead atoms. The van der Waals surface area contributed by atoms with Gasteiger partial charge >= 0.3 is 7.82 Å². The molecule has 0 spiro atoms. The van der Waals surface area contributed by atoms with E-state index in [9.17, 15) is 10.2 Å². The molecule has 1 aliphatic heterocycles. The highest BCUT2D eigenvalue weighted by Crippen LogP contribution is 2.25. The molecule has 0 aromatic carbocycles. The highest BCUT2D eigenvalue weighted by molar-refractivity contribution is 7.45. The summed E-state index contributed by atoms with van der Waals surface area (Å²) >= 11 is 0. The van der Waals surface area contributed by atoms with Crippen molar-refractivity contribution in [2.75, 3.05) is 6.61 Å². The molecule has 1 heterocycles. The van der Waals surface area contributed by atoms with Crippen LogP contribution in [-0.2, 0) is 9.30 Å². The van der Waals surface area contributed by atoms with Crippen LogP contribution in [0.5, 0.6) is 0 Å². The van der Waals surface area contributed by atoms with Crippen molar-refractivity contribution < 1.29 is 44.4 Å². The van der Waals surface area contributed by atoms with Crippen molar-refractivity contribution in [1.82, 2.24) is 0 Å². The molecule has 1 rings (SSSR count). The number of aliphatic hydroxyl groups excluding tert-OH is 4. The van der Waals surface area contributed by atoms with E-state index in [0.717, 1.165) is 0 Å². The molecule has 17 heavy (non-hydrogen) atoms. The molecule has 0 radical (unpaired) electrons. The molecular weight excluding hydrogens is 261 g/mol. The van der Waals surface area contributed by atoms with Gasteiger partial charge in [-0.15, -0.1) is 0 Å². The fourth-order valence-electron chi connectivity index (χ4n) is 1.12. The molecule has 10 nitrogen and oxygen atoms in total. The topological polar surface area (TPSA) is 194 Å². The van der Waals surface area contributed by atoms with E-state index in [4.69, 9.17) is 39.9 Å². The maximum atomic E-state index is 9.20. The minimum absolute atomic E-state index is 0.470. The molecule has 0 aromatic heterocycles. The van der Waals surface area contributed by atoms with Crippen molar-refractivity contribution in [2.24, 2.45) is 5.73 Å². The van der Waals surface area contributed by atoms with Gasteiger partial charge in [0, 0.05) is 0 Å². The van der Waals surface area contributed by atoms with E-state index < -0.39 is 45.1 Å². The van der Waals surface area contributed by atoms with Crippen LogP contribution in [0.25, 0.3) is 0 Å². The Bertz CT molecular complexity index is 257. The third-order valence-electron chi connectivity index (χ3n) is 1.95. The Balaban J connectivity index is 0.000000437. The normalized spacial score (nSPS) is 38.2. The molecule has 0 aromatic rings. The van der Waals surface area contributed by atoms with Crippen LogP contribution in [0.3, 0.4) is 0 Å². The van der Waals surface area contributed by atoms with E-state index >= 15 is 0 Å². The predicted octanol–water partition coefficient (Wildman–Crippen LogP) is -4.18. The first-order valence-corrected chi connectivity index (χ1v) is 5.98. The van der Waals surface area contributed by atoms with E-state index in [1.54, 1.807) is 0 Å². The molecule has 11 heteroatoms. The van der Waals surface area contributed by atoms with Crippen LogP contribution in [0.15, 0.2) is 0 Å². The van der Waals surface area contributed by atoms with Gasteiger partial charge in [0.15, 0.2) is 6.29 Å². The van der Waals surface area contributed by atoms with Crippen molar-refractivity contribution in [3.8, 4) is 0 Å². The molecule has 104 valence electrons. The summed E-state index contributed by atoms with van der Waals surface area (Å²) in [7, 11) is -4.64. The molecule has 0 amide bonds. The average Bonchev–Trinajstić information content (AvgIpc) is 2.18. The fourth-order valence-corrected chi connectivity index (χ4v) is 1.12. The Hall–Kier alpha value is -0.130. The van der Waals surface area contributed by atoms with Gasteiger partial charge in [-0.2, -0.15) is 0 Å². The predicted molar refractivity (Wildman–Crippen MR) is 52.2 cm³/mol. The van der Waals surface area contributed by atoms with Gasteiger partial charge in [0.2, 0.25) is 0 Å². The van der Waals surface area contributed by atoms with Crippen LogP contribution in [-0.4, -0.2) is 72.4 Å². The number of aliphatic hydroxyl groups is 4. The summed E-state index contributed by atoms with van der Waals surface area (Å²) in [6.45, 7) is -0.470. The summed E-state index contributed by atoms with van der Waals surface area (Å²) in [5.74, 6) is 0. The maximum absolute atomic E-state index is 9.20. The van der Waals surface area contributed by atoms with Crippen LogP contribution >= 0.6 is 7.82 Å². The lowest BCUT2D eigenvalue weighted by atomic mass is 9.98. The van der Waals surface area contributed by atoms with Crippen molar-refractivity contribution in [3.05, 3.63) is 0 Å². The number of hydrogen-bond donors (Lipinski definition) is 8. The van der Waals surface area contributed by atoms with Gasteiger partial charge in [-0.25, -0.2) is 4.57 Å². The average molecular weight is 277 g/mol. The Labute approximate surface area is 96.1 Å². The number of hydrogen-bond acceptors (Lipinski definition) is 7. The van der Waals surface area contributed by atoms with Gasteiger partial charge < -0.3 is 45.6 Å². The number of phosphoric acid groups is 1. The third kappa shape index (κ3) is 6.38. The first-order valence-electron chi connectivity index (χ1n) is 4.42.